The number of ether oxygens (including phenoxy) is 1. The van der Waals surface area contributed by atoms with Gasteiger partial charge in [-0.3, -0.25) is 24.2 Å². The number of ketones is 1. The van der Waals surface area contributed by atoms with E-state index in [0.29, 0.717) is 16.9 Å². The molecule has 1 saturated carbocycles. The number of hydrogen-bond donors (Lipinski definition) is 0. The van der Waals surface area contributed by atoms with Gasteiger partial charge in [0.05, 0.1) is 13.7 Å². The molecule has 27 heavy (non-hydrogen) atoms. The molecule has 2 fully saturated rings. The fourth-order valence-corrected chi connectivity index (χ4v) is 3.93. The predicted octanol–water partition coefficient (Wildman–Crippen LogP) is 2.77. The van der Waals surface area contributed by atoms with Gasteiger partial charge in [0.25, 0.3) is 0 Å². The molecule has 0 bridgehead atoms. The fourth-order valence-electron chi connectivity index (χ4n) is 3.93. The average molecular weight is 372 g/mol. The van der Waals surface area contributed by atoms with Crippen LogP contribution in [0.15, 0.2) is 18.2 Å². The number of amides is 4. The van der Waals surface area contributed by atoms with Crippen molar-refractivity contribution in [1.29, 1.82) is 0 Å². The number of carbonyl (C=O) groups excluding carboxylic acids is 4. The molecule has 1 saturated heterocycles. The Morgan fingerprint density at radius 3 is 2.48 bits per heavy atom. The van der Waals surface area contributed by atoms with Crippen LogP contribution in [0.1, 0.15) is 55.5 Å². The summed E-state index contributed by atoms with van der Waals surface area (Å²) in [5.74, 6) is -1.09. The van der Waals surface area contributed by atoms with E-state index < -0.39 is 17.8 Å². The number of benzene rings is 1. The highest BCUT2D eigenvalue weighted by atomic mass is 16.5. The molecule has 144 valence electrons. The summed E-state index contributed by atoms with van der Waals surface area (Å²) in [7, 11) is 1.47. The third kappa shape index (κ3) is 3.46. The van der Waals surface area contributed by atoms with Crippen molar-refractivity contribution in [3.05, 3.63) is 29.3 Å². The Kier molecular flexibility index (Phi) is 5.30. The topological polar surface area (TPSA) is 84.0 Å². The number of imide groups is 2. The maximum atomic E-state index is 12.9. The number of carbonyl (C=O) groups is 4. The highest BCUT2D eigenvalue weighted by Gasteiger charge is 2.49. The SMILES string of the molecule is COc1ccc(C(C)=O)cc1CN1C(=O)C(=O)N([C@@H]2CCCC[C@H]2C)C1=O. The minimum atomic E-state index is -0.826. The normalized spacial score (nSPS) is 23.1. The molecule has 2 atom stereocenters. The van der Waals surface area contributed by atoms with Gasteiger partial charge in [-0.15, -0.1) is 0 Å². The Bertz CT molecular complexity index is 804. The molecule has 0 spiro atoms. The second kappa shape index (κ2) is 7.50. The number of urea groups is 1. The van der Waals surface area contributed by atoms with Crippen molar-refractivity contribution in [1.82, 2.24) is 9.80 Å². The zero-order valence-corrected chi connectivity index (χ0v) is 15.9. The van der Waals surface area contributed by atoms with Gasteiger partial charge in [0.15, 0.2) is 5.78 Å². The van der Waals surface area contributed by atoms with Crippen LogP contribution in [0.5, 0.6) is 5.75 Å². The van der Waals surface area contributed by atoms with Crippen LogP contribution in [0.3, 0.4) is 0 Å². The number of rotatable bonds is 5. The molecule has 3 rings (SSSR count). The smallest absolute Gasteiger partial charge is 0.334 e. The molecule has 0 aromatic heterocycles. The Hall–Kier alpha value is -2.70. The van der Waals surface area contributed by atoms with Gasteiger partial charge in [-0.2, -0.15) is 0 Å². The summed E-state index contributed by atoms with van der Waals surface area (Å²) in [5, 5.41) is 0. The van der Waals surface area contributed by atoms with Crippen LogP contribution >= 0.6 is 0 Å². The van der Waals surface area contributed by atoms with Gasteiger partial charge in [0.2, 0.25) is 0 Å². The monoisotopic (exact) mass is 372 g/mol. The maximum Gasteiger partial charge on any atom is 0.334 e. The molecule has 1 aliphatic carbocycles. The van der Waals surface area contributed by atoms with Crippen molar-refractivity contribution in [3.63, 3.8) is 0 Å². The molecular weight excluding hydrogens is 348 g/mol. The quantitative estimate of drug-likeness (QED) is 0.451. The van der Waals surface area contributed by atoms with Gasteiger partial charge in [-0.1, -0.05) is 19.8 Å². The first-order valence-corrected chi connectivity index (χ1v) is 9.22. The maximum absolute atomic E-state index is 12.9. The molecule has 1 heterocycles. The van der Waals surface area contributed by atoms with Crippen molar-refractivity contribution >= 4 is 23.6 Å². The Balaban J connectivity index is 1.88. The summed E-state index contributed by atoms with van der Waals surface area (Å²) >= 11 is 0. The molecule has 1 aliphatic heterocycles. The lowest BCUT2D eigenvalue weighted by atomic mass is 9.85. The first kappa shape index (κ1) is 19.1. The standard InChI is InChI=1S/C20H24N2O5/c1-12-6-4-5-7-16(12)22-19(25)18(24)21(20(22)26)11-15-10-14(13(2)23)8-9-17(15)27-3/h8-10,12,16H,4-7,11H2,1-3H3/t12-,16-/m1/s1. The van der Waals surface area contributed by atoms with Crippen LogP contribution < -0.4 is 4.74 Å². The second-order valence-corrected chi connectivity index (χ2v) is 7.26. The Morgan fingerprint density at radius 2 is 1.85 bits per heavy atom. The summed E-state index contributed by atoms with van der Waals surface area (Å²) in [4.78, 5) is 51.7. The largest absolute Gasteiger partial charge is 0.496 e. The highest BCUT2D eigenvalue weighted by Crippen LogP contribution is 2.32. The zero-order chi connectivity index (χ0) is 19.7. The fraction of sp³-hybridized carbons (Fsp3) is 0.500. The summed E-state index contributed by atoms with van der Waals surface area (Å²) in [6.45, 7) is 3.34. The van der Waals surface area contributed by atoms with Crippen LogP contribution in [-0.4, -0.2) is 46.6 Å². The van der Waals surface area contributed by atoms with E-state index in [2.05, 4.69) is 0 Å². The molecule has 1 aromatic carbocycles. The lowest BCUT2D eigenvalue weighted by Gasteiger charge is -2.34. The van der Waals surface area contributed by atoms with E-state index in [0.717, 1.165) is 35.5 Å². The molecule has 1 aromatic rings. The van der Waals surface area contributed by atoms with Crippen molar-refractivity contribution in [2.24, 2.45) is 5.92 Å². The number of Topliss-reactive ketones (excluding diaryl/α,β-unsaturated/α-hetero) is 1. The third-order valence-corrected chi connectivity index (χ3v) is 5.50. The molecule has 0 unspecified atom stereocenters. The highest BCUT2D eigenvalue weighted by molar-refractivity contribution is 6.44. The van der Waals surface area contributed by atoms with E-state index >= 15 is 0 Å². The molecule has 7 nitrogen and oxygen atoms in total. The molecule has 0 radical (unpaired) electrons. The molecule has 0 N–H and O–H groups in total. The van der Waals surface area contributed by atoms with Crippen LogP contribution in [-0.2, 0) is 16.1 Å². The lowest BCUT2D eigenvalue weighted by Crippen LogP contribution is -2.46. The van der Waals surface area contributed by atoms with Crippen molar-refractivity contribution in [3.8, 4) is 5.75 Å². The van der Waals surface area contributed by atoms with Gasteiger partial charge in [0.1, 0.15) is 5.75 Å². The van der Waals surface area contributed by atoms with Crippen molar-refractivity contribution in [2.45, 2.75) is 52.1 Å². The predicted molar refractivity (Wildman–Crippen MR) is 97.2 cm³/mol. The lowest BCUT2D eigenvalue weighted by molar-refractivity contribution is -0.144. The second-order valence-electron chi connectivity index (χ2n) is 7.26. The van der Waals surface area contributed by atoms with Gasteiger partial charge in [-0.25, -0.2) is 4.79 Å². The van der Waals surface area contributed by atoms with E-state index in [1.807, 2.05) is 6.92 Å². The van der Waals surface area contributed by atoms with Crippen LogP contribution in [0.2, 0.25) is 0 Å². The average Bonchev–Trinajstić information content (AvgIpc) is 2.85. The zero-order valence-electron chi connectivity index (χ0n) is 15.9. The molecule has 2 aliphatic rings. The minimum absolute atomic E-state index is 0.106. The van der Waals surface area contributed by atoms with Gasteiger partial charge < -0.3 is 4.74 Å². The molecule has 4 amide bonds. The van der Waals surface area contributed by atoms with Crippen LogP contribution in [0.25, 0.3) is 0 Å². The first-order valence-electron chi connectivity index (χ1n) is 9.22. The van der Waals surface area contributed by atoms with E-state index in [4.69, 9.17) is 4.74 Å². The van der Waals surface area contributed by atoms with E-state index in [1.165, 1.54) is 14.0 Å². The summed E-state index contributed by atoms with van der Waals surface area (Å²) in [5.41, 5.74) is 0.965. The van der Waals surface area contributed by atoms with Gasteiger partial charge in [0, 0.05) is 17.2 Å². The van der Waals surface area contributed by atoms with Gasteiger partial charge in [-0.05, 0) is 43.9 Å². The number of nitrogens with zero attached hydrogens (tertiary/aromatic N) is 2. The van der Waals surface area contributed by atoms with Crippen molar-refractivity contribution in [2.75, 3.05) is 7.11 Å². The Labute approximate surface area is 158 Å². The number of methoxy groups -OCH3 is 1. The van der Waals surface area contributed by atoms with Crippen LogP contribution in [0.4, 0.5) is 4.79 Å². The Morgan fingerprint density at radius 1 is 1.15 bits per heavy atom. The van der Waals surface area contributed by atoms with E-state index in [-0.39, 0.29) is 24.3 Å². The minimum Gasteiger partial charge on any atom is -0.496 e. The first-order chi connectivity index (χ1) is 12.8. The van der Waals surface area contributed by atoms with E-state index in [9.17, 15) is 19.2 Å². The number of hydrogen-bond acceptors (Lipinski definition) is 5. The van der Waals surface area contributed by atoms with E-state index in [1.54, 1.807) is 18.2 Å². The summed E-state index contributed by atoms with van der Waals surface area (Å²) < 4.78 is 5.29. The van der Waals surface area contributed by atoms with Gasteiger partial charge >= 0.3 is 17.8 Å². The summed E-state index contributed by atoms with van der Waals surface area (Å²) in [6.07, 6.45) is 3.67. The van der Waals surface area contributed by atoms with Crippen LogP contribution in [0, 0.1) is 5.92 Å². The third-order valence-electron chi connectivity index (χ3n) is 5.50. The molecule has 7 heteroatoms. The summed E-state index contributed by atoms with van der Waals surface area (Å²) in [6, 6.07) is 4.02. The van der Waals surface area contributed by atoms with Crippen molar-refractivity contribution < 1.29 is 23.9 Å². The molecular formula is C20H24N2O5.